The van der Waals surface area contributed by atoms with Gasteiger partial charge in [-0.25, -0.2) is 9.97 Å². The highest BCUT2D eigenvalue weighted by Gasteiger charge is 2.12. The molecule has 2 aromatic heterocycles. The number of nitrogens with zero attached hydrogens (tertiary/aromatic N) is 3. The van der Waals surface area contributed by atoms with Gasteiger partial charge in [0.15, 0.2) is 5.82 Å². The van der Waals surface area contributed by atoms with Crippen molar-refractivity contribution < 1.29 is 0 Å². The van der Waals surface area contributed by atoms with Gasteiger partial charge in [0.25, 0.3) is 0 Å². The zero-order valence-corrected chi connectivity index (χ0v) is 14.5. The topological polar surface area (TPSA) is 50.7 Å². The van der Waals surface area contributed by atoms with Crippen molar-refractivity contribution >= 4 is 44.3 Å². The van der Waals surface area contributed by atoms with E-state index in [4.69, 9.17) is 0 Å². The minimum Gasteiger partial charge on any atom is -0.369 e. The van der Waals surface area contributed by atoms with Gasteiger partial charge in [-0.3, -0.25) is 4.98 Å². The number of anilines is 1. The van der Waals surface area contributed by atoms with Crippen LogP contribution in [0.5, 0.6) is 0 Å². The third-order valence-corrected chi connectivity index (χ3v) is 4.16. The summed E-state index contributed by atoms with van der Waals surface area (Å²) in [4.78, 5) is 13.5. The van der Waals surface area contributed by atoms with Crippen LogP contribution in [0.3, 0.4) is 0 Å². The first-order valence-electron chi connectivity index (χ1n) is 6.07. The Morgan fingerprint density at radius 1 is 1.26 bits per heavy atom. The number of hydrogen-bond acceptors (Lipinski definition) is 4. The quantitative estimate of drug-likeness (QED) is 0.744. The molecule has 100 valence electrons. The lowest BCUT2D eigenvalue weighted by Crippen LogP contribution is -2.08. The van der Waals surface area contributed by atoms with Gasteiger partial charge in [-0.15, -0.1) is 0 Å². The summed E-state index contributed by atoms with van der Waals surface area (Å²) in [5.74, 6) is 1.55. The van der Waals surface area contributed by atoms with E-state index in [-0.39, 0.29) is 0 Å². The van der Waals surface area contributed by atoms with E-state index in [1.54, 1.807) is 6.20 Å². The van der Waals surface area contributed by atoms with Crippen LogP contribution in [0, 0.1) is 3.57 Å². The van der Waals surface area contributed by atoms with Gasteiger partial charge < -0.3 is 5.32 Å². The maximum absolute atomic E-state index is 4.60. The summed E-state index contributed by atoms with van der Waals surface area (Å²) in [6.07, 6.45) is 2.64. The number of halogens is 2. The number of pyridine rings is 1. The molecule has 0 aliphatic heterocycles. The van der Waals surface area contributed by atoms with Crippen molar-refractivity contribution in [2.45, 2.75) is 20.3 Å². The van der Waals surface area contributed by atoms with Crippen LogP contribution < -0.4 is 5.32 Å². The van der Waals surface area contributed by atoms with Gasteiger partial charge in [0.05, 0.1) is 9.26 Å². The third kappa shape index (κ3) is 3.42. The second-order valence-corrected chi connectivity index (χ2v) is 5.90. The SMILES string of the molecule is CCNc1nc(-c2ccc(Br)cn2)nc(CC)c1I. The summed E-state index contributed by atoms with van der Waals surface area (Å²) in [5.41, 5.74) is 1.83. The van der Waals surface area contributed by atoms with Gasteiger partial charge in [-0.1, -0.05) is 6.92 Å². The fraction of sp³-hybridized carbons (Fsp3) is 0.308. The molecule has 0 bridgehead atoms. The summed E-state index contributed by atoms with van der Waals surface area (Å²) in [5, 5.41) is 3.28. The summed E-state index contributed by atoms with van der Waals surface area (Å²) in [6.45, 7) is 4.99. The largest absolute Gasteiger partial charge is 0.369 e. The Bertz CT molecular complexity index is 572. The Hall–Kier alpha value is -0.760. The normalized spacial score (nSPS) is 10.5. The summed E-state index contributed by atoms with van der Waals surface area (Å²) >= 11 is 5.67. The molecule has 19 heavy (non-hydrogen) atoms. The van der Waals surface area contributed by atoms with Crippen molar-refractivity contribution in [3.8, 4) is 11.5 Å². The van der Waals surface area contributed by atoms with E-state index < -0.39 is 0 Å². The van der Waals surface area contributed by atoms with Crippen LogP contribution in [0.15, 0.2) is 22.8 Å². The molecule has 0 radical (unpaired) electrons. The minimum absolute atomic E-state index is 0.667. The van der Waals surface area contributed by atoms with Gasteiger partial charge in [-0.2, -0.15) is 0 Å². The molecule has 0 aromatic carbocycles. The van der Waals surface area contributed by atoms with E-state index >= 15 is 0 Å². The zero-order valence-electron chi connectivity index (χ0n) is 10.7. The van der Waals surface area contributed by atoms with Crippen molar-refractivity contribution in [1.29, 1.82) is 0 Å². The van der Waals surface area contributed by atoms with E-state index in [0.29, 0.717) is 5.82 Å². The van der Waals surface area contributed by atoms with Gasteiger partial charge in [0.1, 0.15) is 11.5 Å². The average molecular weight is 433 g/mol. The molecule has 0 aliphatic rings. The Morgan fingerprint density at radius 2 is 2.05 bits per heavy atom. The van der Waals surface area contributed by atoms with E-state index in [1.165, 1.54) is 0 Å². The van der Waals surface area contributed by atoms with Gasteiger partial charge in [0.2, 0.25) is 0 Å². The smallest absolute Gasteiger partial charge is 0.180 e. The Balaban J connectivity index is 2.51. The van der Waals surface area contributed by atoms with Gasteiger partial charge in [0, 0.05) is 17.2 Å². The molecule has 0 unspecified atom stereocenters. The zero-order chi connectivity index (χ0) is 13.8. The minimum atomic E-state index is 0.667. The number of nitrogens with one attached hydrogen (secondary N) is 1. The highest BCUT2D eigenvalue weighted by atomic mass is 127. The van der Waals surface area contributed by atoms with Gasteiger partial charge in [-0.05, 0) is 64.0 Å². The van der Waals surface area contributed by atoms with Crippen molar-refractivity contribution in [3.63, 3.8) is 0 Å². The fourth-order valence-corrected chi connectivity index (χ4v) is 2.68. The van der Waals surface area contributed by atoms with Crippen LogP contribution in [-0.2, 0) is 6.42 Å². The molecular formula is C13H14BrIN4. The molecule has 4 nitrogen and oxygen atoms in total. The summed E-state index contributed by atoms with van der Waals surface area (Å²) in [7, 11) is 0. The van der Waals surface area contributed by atoms with Crippen LogP contribution in [0.4, 0.5) is 5.82 Å². The van der Waals surface area contributed by atoms with Crippen LogP contribution in [-0.4, -0.2) is 21.5 Å². The van der Waals surface area contributed by atoms with E-state index in [2.05, 4.69) is 72.6 Å². The maximum Gasteiger partial charge on any atom is 0.180 e. The second kappa shape index (κ2) is 6.60. The second-order valence-electron chi connectivity index (χ2n) is 3.90. The standard InChI is InChI=1S/C13H14BrIN4/c1-3-9-11(15)13(16-4-2)19-12(18-9)10-6-5-8(14)7-17-10/h5-7H,3-4H2,1-2H3,(H,16,18,19). The number of hydrogen-bond donors (Lipinski definition) is 1. The molecule has 2 rings (SSSR count). The third-order valence-electron chi connectivity index (χ3n) is 2.56. The number of rotatable bonds is 4. The van der Waals surface area contributed by atoms with Crippen molar-refractivity contribution in [2.75, 3.05) is 11.9 Å². The Kier molecular flexibility index (Phi) is 5.09. The molecule has 0 aliphatic carbocycles. The summed E-state index contributed by atoms with van der Waals surface area (Å²) < 4.78 is 2.03. The molecule has 0 saturated carbocycles. The van der Waals surface area contributed by atoms with E-state index in [9.17, 15) is 0 Å². The van der Waals surface area contributed by atoms with Crippen molar-refractivity contribution in [1.82, 2.24) is 15.0 Å². The van der Waals surface area contributed by atoms with Crippen molar-refractivity contribution in [3.05, 3.63) is 32.1 Å². The molecule has 2 heterocycles. The van der Waals surface area contributed by atoms with Crippen molar-refractivity contribution in [2.24, 2.45) is 0 Å². The average Bonchev–Trinajstić information content (AvgIpc) is 2.42. The first kappa shape index (κ1) is 14.6. The van der Waals surface area contributed by atoms with Crippen LogP contribution in [0.25, 0.3) is 11.5 Å². The van der Waals surface area contributed by atoms with Gasteiger partial charge >= 0.3 is 0 Å². The predicted molar refractivity (Wildman–Crippen MR) is 89.2 cm³/mol. The van der Waals surface area contributed by atoms with Crippen LogP contribution in [0.2, 0.25) is 0 Å². The molecule has 0 spiro atoms. The fourth-order valence-electron chi connectivity index (χ4n) is 1.64. The van der Waals surface area contributed by atoms with Crippen LogP contribution >= 0.6 is 38.5 Å². The molecule has 6 heteroatoms. The first-order chi connectivity index (χ1) is 9.15. The molecule has 0 saturated heterocycles. The molecular weight excluding hydrogens is 419 g/mol. The number of aryl methyl sites for hydroxylation is 1. The van der Waals surface area contributed by atoms with E-state index in [1.807, 2.05) is 12.1 Å². The lowest BCUT2D eigenvalue weighted by Gasteiger charge is -2.11. The summed E-state index contributed by atoms with van der Waals surface area (Å²) in [6, 6.07) is 3.86. The Labute approximate surface area is 134 Å². The number of aromatic nitrogens is 3. The maximum atomic E-state index is 4.60. The molecule has 1 N–H and O–H groups in total. The molecule has 0 atom stereocenters. The molecule has 0 fully saturated rings. The molecule has 2 aromatic rings. The highest BCUT2D eigenvalue weighted by molar-refractivity contribution is 14.1. The lowest BCUT2D eigenvalue weighted by molar-refractivity contribution is 0.976. The van der Waals surface area contributed by atoms with Crippen LogP contribution in [0.1, 0.15) is 19.5 Å². The lowest BCUT2D eigenvalue weighted by atomic mass is 10.3. The highest BCUT2D eigenvalue weighted by Crippen LogP contribution is 2.24. The first-order valence-corrected chi connectivity index (χ1v) is 7.95. The monoisotopic (exact) mass is 432 g/mol. The van der Waals surface area contributed by atoms with E-state index in [0.717, 1.165) is 38.2 Å². The predicted octanol–water partition coefficient (Wildman–Crippen LogP) is 3.90. The Morgan fingerprint density at radius 3 is 2.63 bits per heavy atom. The molecule has 0 amide bonds.